The fourth-order valence-corrected chi connectivity index (χ4v) is 2.06. The van der Waals surface area contributed by atoms with Crippen molar-refractivity contribution in [2.75, 3.05) is 13.6 Å². The molecule has 0 unspecified atom stereocenters. The molecule has 23 heavy (non-hydrogen) atoms. The normalized spacial score (nSPS) is 10.3. The number of nitrogens with one attached hydrogen (secondary N) is 2. The van der Waals surface area contributed by atoms with Gasteiger partial charge >= 0.3 is 0 Å². The van der Waals surface area contributed by atoms with Crippen LogP contribution >= 0.6 is 0 Å². The zero-order valence-corrected chi connectivity index (χ0v) is 13.1. The molecule has 0 atom stereocenters. The summed E-state index contributed by atoms with van der Waals surface area (Å²) < 4.78 is 18.7. The molecule has 0 fully saturated rings. The zero-order chi connectivity index (χ0) is 16.5. The molecule has 4 nitrogen and oxygen atoms in total. The third-order valence-corrected chi connectivity index (χ3v) is 3.35. The fraction of sp³-hybridized carbons (Fsp3) is 0.278. The van der Waals surface area contributed by atoms with Crippen molar-refractivity contribution in [1.82, 2.24) is 10.6 Å². The minimum Gasteiger partial charge on any atom is -0.489 e. The fourth-order valence-electron chi connectivity index (χ4n) is 2.06. The van der Waals surface area contributed by atoms with E-state index in [-0.39, 0.29) is 11.7 Å². The van der Waals surface area contributed by atoms with Crippen LogP contribution in [0.4, 0.5) is 4.39 Å². The summed E-state index contributed by atoms with van der Waals surface area (Å²) >= 11 is 0. The molecule has 2 N–H and O–H groups in total. The number of hydrogen-bond acceptors (Lipinski definition) is 3. The van der Waals surface area contributed by atoms with Crippen LogP contribution in [0.3, 0.4) is 0 Å². The molecule has 0 saturated carbocycles. The molecule has 0 aliphatic carbocycles. The molecule has 1 amide bonds. The Bertz CT molecular complexity index is 629. The van der Waals surface area contributed by atoms with Gasteiger partial charge in [-0.15, -0.1) is 0 Å². The van der Waals surface area contributed by atoms with Gasteiger partial charge in [0.2, 0.25) is 5.91 Å². The topological polar surface area (TPSA) is 50.4 Å². The second-order valence-electron chi connectivity index (χ2n) is 5.16. The van der Waals surface area contributed by atoms with Gasteiger partial charge in [0.1, 0.15) is 18.2 Å². The average Bonchev–Trinajstić information content (AvgIpc) is 2.57. The number of carbonyl (C=O) groups is 1. The molecule has 2 aromatic carbocycles. The average molecular weight is 316 g/mol. The molecule has 0 spiro atoms. The molecule has 0 radical (unpaired) electrons. The predicted octanol–water partition coefficient (Wildman–Crippen LogP) is 2.63. The van der Waals surface area contributed by atoms with Gasteiger partial charge in [-0.3, -0.25) is 4.79 Å². The molecule has 0 bridgehead atoms. The first-order chi connectivity index (χ1) is 11.2. The highest BCUT2D eigenvalue weighted by Crippen LogP contribution is 2.14. The van der Waals surface area contributed by atoms with Gasteiger partial charge in [-0.05, 0) is 35.4 Å². The maximum Gasteiger partial charge on any atom is 0.221 e. The van der Waals surface area contributed by atoms with Gasteiger partial charge in [0.15, 0.2) is 0 Å². The number of ether oxygens (including phenoxy) is 1. The van der Waals surface area contributed by atoms with Gasteiger partial charge in [-0.1, -0.05) is 24.3 Å². The first-order valence-corrected chi connectivity index (χ1v) is 7.55. The standard InChI is InChI=1S/C18H21FN2O2/c1-20-18(22)9-10-21-12-14-5-7-17(8-6-14)23-13-15-3-2-4-16(19)11-15/h2-8,11,21H,9-10,12-13H2,1H3,(H,20,22). The van der Waals surface area contributed by atoms with E-state index in [1.54, 1.807) is 13.1 Å². The van der Waals surface area contributed by atoms with Crippen molar-refractivity contribution in [1.29, 1.82) is 0 Å². The lowest BCUT2D eigenvalue weighted by molar-refractivity contribution is -0.120. The van der Waals surface area contributed by atoms with Crippen molar-refractivity contribution < 1.29 is 13.9 Å². The Labute approximate surface area is 135 Å². The number of carbonyl (C=O) groups excluding carboxylic acids is 1. The molecule has 122 valence electrons. The van der Waals surface area contributed by atoms with E-state index in [1.807, 2.05) is 30.3 Å². The highest BCUT2D eigenvalue weighted by Gasteiger charge is 2.00. The quantitative estimate of drug-likeness (QED) is 0.736. The maximum absolute atomic E-state index is 13.1. The second kappa shape index (κ2) is 8.90. The predicted molar refractivity (Wildman–Crippen MR) is 87.6 cm³/mol. The minimum absolute atomic E-state index is 0.0265. The third kappa shape index (κ3) is 6.08. The van der Waals surface area contributed by atoms with Gasteiger partial charge in [0, 0.05) is 26.6 Å². The summed E-state index contributed by atoms with van der Waals surface area (Å²) in [5, 5.41) is 5.79. The Kier molecular flexibility index (Phi) is 6.56. The van der Waals surface area contributed by atoms with Crippen molar-refractivity contribution in [2.24, 2.45) is 0 Å². The van der Waals surface area contributed by atoms with Gasteiger partial charge in [0.25, 0.3) is 0 Å². The number of amides is 1. The van der Waals surface area contributed by atoms with Crippen molar-refractivity contribution in [3.63, 3.8) is 0 Å². The van der Waals surface area contributed by atoms with Crippen LogP contribution < -0.4 is 15.4 Å². The van der Waals surface area contributed by atoms with E-state index < -0.39 is 0 Å². The Morgan fingerprint density at radius 3 is 2.61 bits per heavy atom. The molecule has 5 heteroatoms. The summed E-state index contributed by atoms with van der Waals surface area (Å²) in [6.07, 6.45) is 0.464. The van der Waals surface area contributed by atoms with Gasteiger partial charge in [0.05, 0.1) is 0 Å². The first kappa shape index (κ1) is 17.0. The molecular weight excluding hydrogens is 295 g/mol. The summed E-state index contributed by atoms with van der Waals surface area (Å²) in [6.45, 7) is 1.67. The molecule has 0 aliphatic heterocycles. The summed E-state index contributed by atoms with van der Waals surface area (Å²) in [4.78, 5) is 11.1. The molecule has 0 heterocycles. The van der Waals surface area contributed by atoms with E-state index in [0.29, 0.717) is 26.1 Å². The Hall–Kier alpha value is -2.40. The minimum atomic E-state index is -0.260. The van der Waals surface area contributed by atoms with E-state index in [0.717, 1.165) is 16.9 Å². The summed E-state index contributed by atoms with van der Waals surface area (Å²) in [5.41, 5.74) is 1.91. The second-order valence-corrected chi connectivity index (χ2v) is 5.16. The van der Waals surface area contributed by atoms with Gasteiger partial charge in [-0.25, -0.2) is 4.39 Å². The van der Waals surface area contributed by atoms with E-state index >= 15 is 0 Å². The Morgan fingerprint density at radius 1 is 1.13 bits per heavy atom. The van der Waals surface area contributed by atoms with Crippen LogP contribution in [0.25, 0.3) is 0 Å². The van der Waals surface area contributed by atoms with Crippen LogP contribution in [0, 0.1) is 5.82 Å². The monoisotopic (exact) mass is 316 g/mol. The molecule has 0 aromatic heterocycles. The number of halogens is 1. The Balaban J connectivity index is 1.75. The van der Waals surface area contributed by atoms with Crippen LogP contribution in [-0.2, 0) is 17.9 Å². The van der Waals surface area contributed by atoms with Crippen LogP contribution in [0.15, 0.2) is 48.5 Å². The number of rotatable bonds is 8. The van der Waals surface area contributed by atoms with Crippen molar-refractivity contribution in [3.05, 3.63) is 65.5 Å². The SMILES string of the molecule is CNC(=O)CCNCc1ccc(OCc2cccc(F)c2)cc1. The smallest absolute Gasteiger partial charge is 0.221 e. The third-order valence-electron chi connectivity index (χ3n) is 3.35. The molecule has 2 aromatic rings. The van der Waals surface area contributed by atoms with Crippen LogP contribution in [0.2, 0.25) is 0 Å². The van der Waals surface area contributed by atoms with Crippen molar-refractivity contribution >= 4 is 5.91 Å². The molecular formula is C18H21FN2O2. The van der Waals surface area contributed by atoms with Crippen LogP contribution in [-0.4, -0.2) is 19.5 Å². The number of hydrogen-bond donors (Lipinski definition) is 2. The zero-order valence-electron chi connectivity index (χ0n) is 13.1. The number of benzene rings is 2. The van der Waals surface area contributed by atoms with Gasteiger partial charge in [-0.2, -0.15) is 0 Å². The molecule has 0 aliphatic rings. The molecule has 2 rings (SSSR count). The van der Waals surface area contributed by atoms with E-state index in [9.17, 15) is 9.18 Å². The van der Waals surface area contributed by atoms with E-state index in [1.165, 1.54) is 12.1 Å². The lowest BCUT2D eigenvalue weighted by Gasteiger charge is -2.08. The lowest BCUT2D eigenvalue weighted by atomic mass is 10.2. The summed E-state index contributed by atoms with van der Waals surface area (Å²) in [6, 6.07) is 14.1. The maximum atomic E-state index is 13.1. The van der Waals surface area contributed by atoms with E-state index in [2.05, 4.69) is 10.6 Å². The summed E-state index contributed by atoms with van der Waals surface area (Å²) in [7, 11) is 1.63. The van der Waals surface area contributed by atoms with Gasteiger partial charge < -0.3 is 15.4 Å². The van der Waals surface area contributed by atoms with Crippen molar-refractivity contribution in [2.45, 2.75) is 19.6 Å². The van der Waals surface area contributed by atoms with Crippen LogP contribution in [0.5, 0.6) is 5.75 Å². The lowest BCUT2D eigenvalue weighted by Crippen LogP contribution is -2.24. The van der Waals surface area contributed by atoms with Crippen molar-refractivity contribution in [3.8, 4) is 5.75 Å². The largest absolute Gasteiger partial charge is 0.489 e. The highest BCUT2D eigenvalue weighted by atomic mass is 19.1. The highest BCUT2D eigenvalue weighted by molar-refractivity contribution is 5.75. The first-order valence-electron chi connectivity index (χ1n) is 7.55. The molecule has 0 saturated heterocycles. The van der Waals surface area contributed by atoms with Crippen LogP contribution in [0.1, 0.15) is 17.5 Å². The Morgan fingerprint density at radius 2 is 1.91 bits per heavy atom. The summed E-state index contributed by atoms with van der Waals surface area (Å²) in [5.74, 6) is 0.506. The van der Waals surface area contributed by atoms with E-state index in [4.69, 9.17) is 4.74 Å².